The van der Waals surface area contributed by atoms with Crippen LogP contribution in [-0.4, -0.2) is 14.1 Å². The fourth-order valence-electron chi connectivity index (χ4n) is 3.34. The van der Waals surface area contributed by atoms with Crippen molar-refractivity contribution >= 4 is 22.0 Å². The standard InChI is InChI=1S/C20H19N3O3.C3H8/c1-22-16-9-6-11-21-18(16)19(24)23(20(22)25)12-5-4-7-14-13-26-17-10-3-2-8-15(14)17;1-3-2/h2-3,6,8-11,13H,4-5,7,12H2,1H3;3H2,1-2H3. The van der Waals surface area contributed by atoms with Gasteiger partial charge in [-0.25, -0.2) is 9.78 Å². The van der Waals surface area contributed by atoms with E-state index in [9.17, 15) is 9.59 Å². The van der Waals surface area contributed by atoms with Crippen molar-refractivity contribution in [1.29, 1.82) is 0 Å². The predicted octanol–water partition coefficient (Wildman–Crippen LogP) is 4.28. The molecule has 0 spiro atoms. The smallest absolute Gasteiger partial charge is 0.331 e. The summed E-state index contributed by atoms with van der Waals surface area (Å²) in [5, 5.41) is 1.12. The highest BCUT2D eigenvalue weighted by atomic mass is 16.3. The van der Waals surface area contributed by atoms with E-state index in [0.29, 0.717) is 17.6 Å². The Labute approximate surface area is 169 Å². The van der Waals surface area contributed by atoms with Crippen LogP contribution in [0.2, 0.25) is 0 Å². The average molecular weight is 393 g/mol. The van der Waals surface area contributed by atoms with Gasteiger partial charge < -0.3 is 4.42 Å². The fraction of sp³-hybridized carbons (Fsp3) is 0.348. The second-order valence-corrected chi connectivity index (χ2v) is 7.09. The minimum Gasteiger partial charge on any atom is -0.464 e. The molecular weight excluding hydrogens is 366 g/mol. The van der Waals surface area contributed by atoms with Crippen molar-refractivity contribution in [3.05, 3.63) is 75.3 Å². The van der Waals surface area contributed by atoms with Gasteiger partial charge in [-0.05, 0) is 43.0 Å². The van der Waals surface area contributed by atoms with Crippen molar-refractivity contribution in [3.63, 3.8) is 0 Å². The molecule has 0 aliphatic heterocycles. The summed E-state index contributed by atoms with van der Waals surface area (Å²) in [5.74, 6) is 0. The quantitative estimate of drug-likeness (QED) is 0.475. The van der Waals surface area contributed by atoms with E-state index in [1.807, 2.05) is 24.3 Å². The van der Waals surface area contributed by atoms with Gasteiger partial charge in [0.15, 0.2) is 5.52 Å². The highest BCUT2D eigenvalue weighted by molar-refractivity contribution is 5.80. The second-order valence-electron chi connectivity index (χ2n) is 7.09. The average Bonchev–Trinajstić information content (AvgIpc) is 3.15. The number of nitrogens with zero attached hydrogens (tertiary/aromatic N) is 3. The lowest BCUT2D eigenvalue weighted by Gasteiger charge is -2.09. The minimum atomic E-state index is -0.322. The van der Waals surface area contributed by atoms with Gasteiger partial charge in [0.05, 0.1) is 11.8 Å². The molecule has 4 aromatic rings. The summed E-state index contributed by atoms with van der Waals surface area (Å²) in [6.45, 7) is 4.63. The molecule has 0 bridgehead atoms. The van der Waals surface area contributed by atoms with Crippen molar-refractivity contribution in [1.82, 2.24) is 14.1 Å². The normalized spacial score (nSPS) is 10.9. The first-order valence-electron chi connectivity index (χ1n) is 10.1. The molecule has 0 N–H and O–H groups in total. The molecule has 0 amide bonds. The van der Waals surface area contributed by atoms with Crippen molar-refractivity contribution < 1.29 is 4.42 Å². The van der Waals surface area contributed by atoms with Crippen LogP contribution in [0.4, 0.5) is 0 Å². The monoisotopic (exact) mass is 393 g/mol. The predicted molar refractivity (Wildman–Crippen MR) is 116 cm³/mol. The molecule has 0 saturated carbocycles. The lowest BCUT2D eigenvalue weighted by Crippen LogP contribution is -2.39. The Morgan fingerprint density at radius 3 is 2.59 bits per heavy atom. The highest BCUT2D eigenvalue weighted by Crippen LogP contribution is 2.22. The number of furan rings is 1. The number of pyridine rings is 1. The summed E-state index contributed by atoms with van der Waals surface area (Å²) in [5.41, 5.74) is 2.30. The third-order valence-electron chi connectivity index (χ3n) is 4.75. The van der Waals surface area contributed by atoms with E-state index < -0.39 is 0 Å². The van der Waals surface area contributed by atoms with Crippen LogP contribution >= 0.6 is 0 Å². The molecule has 0 fully saturated rings. The maximum absolute atomic E-state index is 12.6. The molecule has 6 heteroatoms. The first-order valence-corrected chi connectivity index (χ1v) is 10.1. The number of aromatic nitrogens is 3. The van der Waals surface area contributed by atoms with E-state index in [0.717, 1.165) is 35.8 Å². The van der Waals surface area contributed by atoms with Gasteiger partial charge in [0.25, 0.3) is 5.56 Å². The van der Waals surface area contributed by atoms with Crippen LogP contribution < -0.4 is 11.2 Å². The first-order chi connectivity index (χ1) is 14.1. The van der Waals surface area contributed by atoms with Gasteiger partial charge in [0, 0.05) is 25.2 Å². The fourth-order valence-corrected chi connectivity index (χ4v) is 3.34. The van der Waals surface area contributed by atoms with E-state index in [2.05, 4.69) is 18.8 Å². The van der Waals surface area contributed by atoms with Gasteiger partial charge in [-0.2, -0.15) is 0 Å². The highest BCUT2D eigenvalue weighted by Gasteiger charge is 2.11. The Bertz CT molecular complexity index is 1220. The van der Waals surface area contributed by atoms with Crippen LogP contribution in [0.3, 0.4) is 0 Å². The summed E-state index contributed by atoms with van der Waals surface area (Å²) >= 11 is 0. The molecule has 0 radical (unpaired) electrons. The lowest BCUT2D eigenvalue weighted by molar-refractivity contribution is 0.552. The van der Waals surface area contributed by atoms with Crippen molar-refractivity contribution in [3.8, 4) is 0 Å². The van der Waals surface area contributed by atoms with Crippen molar-refractivity contribution in [2.75, 3.05) is 0 Å². The Morgan fingerprint density at radius 1 is 1.03 bits per heavy atom. The molecule has 1 aromatic carbocycles. The summed E-state index contributed by atoms with van der Waals surface area (Å²) in [6.07, 6.45) is 7.04. The molecule has 29 heavy (non-hydrogen) atoms. The van der Waals surface area contributed by atoms with Gasteiger partial charge >= 0.3 is 5.69 Å². The molecule has 3 heterocycles. The van der Waals surface area contributed by atoms with Gasteiger partial charge in [-0.3, -0.25) is 13.9 Å². The molecule has 3 aromatic heterocycles. The van der Waals surface area contributed by atoms with E-state index in [-0.39, 0.29) is 11.2 Å². The molecule has 6 nitrogen and oxygen atoms in total. The molecule has 0 unspecified atom stereocenters. The van der Waals surface area contributed by atoms with Crippen LogP contribution in [0.15, 0.2) is 62.9 Å². The number of aryl methyl sites for hydroxylation is 2. The summed E-state index contributed by atoms with van der Waals surface area (Å²) in [4.78, 5) is 29.2. The summed E-state index contributed by atoms with van der Waals surface area (Å²) in [7, 11) is 1.67. The van der Waals surface area contributed by atoms with E-state index in [1.165, 1.54) is 15.6 Å². The van der Waals surface area contributed by atoms with E-state index in [4.69, 9.17) is 4.42 Å². The van der Waals surface area contributed by atoms with Crippen LogP contribution in [0.5, 0.6) is 0 Å². The number of rotatable bonds is 5. The van der Waals surface area contributed by atoms with Crippen LogP contribution in [0.1, 0.15) is 38.7 Å². The van der Waals surface area contributed by atoms with Crippen LogP contribution in [0, 0.1) is 0 Å². The topological polar surface area (TPSA) is 70.0 Å². The first kappa shape index (κ1) is 20.6. The number of para-hydroxylation sites is 1. The molecule has 0 saturated heterocycles. The minimum absolute atomic E-state index is 0.302. The van der Waals surface area contributed by atoms with E-state index in [1.54, 1.807) is 31.6 Å². The van der Waals surface area contributed by atoms with Crippen LogP contribution in [0.25, 0.3) is 22.0 Å². The second kappa shape index (κ2) is 9.37. The summed E-state index contributed by atoms with van der Waals surface area (Å²) in [6, 6.07) is 11.4. The maximum atomic E-state index is 12.6. The van der Waals surface area contributed by atoms with Gasteiger partial charge in [0.1, 0.15) is 5.58 Å². The van der Waals surface area contributed by atoms with Gasteiger partial charge in [-0.15, -0.1) is 0 Å². The molecular formula is C23H27N3O3. The molecule has 0 atom stereocenters. The number of unbranched alkanes of at least 4 members (excludes halogenated alkanes) is 1. The Kier molecular flexibility index (Phi) is 6.65. The summed E-state index contributed by atoms with van der Waals surface area (Å²) < 4.78 is 8.31. The van der Waals surface area contributed by atoms with Gasteiger partial charge in [-0.1, -0.05) is 38.5 Å². The Morgan fingerprint density at radius 2 is 1.79 bits per heavy atom. The number of hydrogen-bond acceptors (Lipinski definition) is 4. The zero-order valence-corrected chi connectivity index (χ0v) is 17.2. The Balaban J connectivity index is 0.000000755. The third kappa shape index (κ3) is 4.31. The SMILES string of the molecule is CCC.Cn1c(=O)n(CCCCc2coc3ccccc23)c(=O)c2ncccc21. The molecule has 0 aliphatic carbocycles. The third-order valence-corrected chi connectivity index (χ3v) is 4.75. The zero-order valence-electron chi connectivity index (χ0n) is 17.2. The van der Waals surface area contributed by atoms with Gasteiger partial charge in [0.2, 0.25) is 0 Å². The zero-order chi connectivity index (χ0) is 20.8. The van der Waals surface area contributed by atoms with Crippen molar-refractivity contribution in [2.24, 2.45) is 7.05 Å². The Hall–Kier alpha value is -3.15. The number of benzene rings is 1. The molecule has 152 valence electrons. The van der Waals surface area contributed by atoms with E-state index >= 15 is 0 Å². The number of hydrogen-bond donors (Lipinski definition) is 0. The molecule has 0 aliphatic rings. The maximum Gasteiger partial charge on any atom is 0.331 e. The number of fused-ring (bicyclic) bond motifs is 2. The lowest BCUT2D eigenvalue weighted by atomic mass is 10.1. The largest absolute Gasteiger partial charge is 0.464 e. The molecule has 4 rings (SSSR count). The van der Waals surface area contributed by atoms with Crippen LogP contribution in [-0.2, 0) is 20.0 Å². The van der Waals surface area contributed by atoms with Crippen molar-refractivity contribution in [2.45, 2.75) is 46.1 Å².